The number of nitrogens with zero attached hydrogens (tertiary/aromatic N) is 6. The van der Waals surface area contributed by atoms with Gasteiger partial charge in [0.15, 0.2) is 5.79 Å². The molecule has 2 heterocycles. The van der Waals surface area contributed by atoms with E-state index in [-0.39, 0.29) is 6.61 Å². The maximum atomic E-state index is 11.7. The van der Waals surface area contributed by atoms with Crippen molar-refractivity contribution in [2.24, 2.45) is 10.2 Å². The van der Waals surface area contributed by atoms with Crippen LogP contribution in [0.5, 0.6) is 0 Å². The summed E-state index contributed by atoms with van der Waals surface area (Å²) in [6.07, 6.45) is -5.87. The molecule has 0 saturated carbocycles. The van der Waals surface area contributed by atoms with Crippen molar-refractivity contribution >= 4 is 5.97 Å². The summed E-state index contributed by atoms with van der Waals surface area (Å²) in [6, 6.07) is -1.88. The number of ether oxygens (including phenoxy) is 3. The standard InChI is InChI=1S/C11H16N6O7/c1-10(2)22-3-4(23-10)7-5(18)6(19)8(14-16-12)11(24-7,9(20)21)15-17-13/h4-8,18-19H,3H2,1-2H3,(H,20,21)/t4-,5-,6?,7?,8?,11+/m1/s1. The number of hydrogen-bond donors (Lipinski definition) is 3. The number of aliphatic hydroxyl groups excluding tert-OH is 2. The smallest absolute Gasteiger partial charge is 0.342 e. The summed E-state index contributed by atoms with van der Waals surface area (Å²) in [4.78, 5) is 16.5. The Morgan fingerprint density at radius 2 is 1.88 bits per heavy atom. The highest BCUT2D eigenvalue weighted by atomic mass is 16.8. The molecule has 0 spiro atoms. The molecule has 0 amide bonds. The van der Waals surface area contributed by atoms with E-state index in [1.54, 1.807) is 13.8 Å². The van der Waals surface area contributed by atoms with E-state index < -0.39 is 47.9 Å². The molecule has 2 aliphatic heterocycles. The Morgan fingerprint density at radius 3 is 2.33 bits per heavy atom. The molecule has 0 aromatic carbocycles. The van der Waals surface area contributed by atoms with Gasteiger partial charge in [-0.15, -0.1) is 0 Å². The first-order valence-corrected chi connectivity index (χ1v) is 6.88. The first-order valence-electron chi connectivity index (χ1n) is 6.88. The van der Waals surface area contributed by atoms with Crippen LogP contribution in [0.2, 0.25) is 0 Å². The fourth-order valence-electron chi connectivity index (χ4n) is 2.70. The highest BCUT2D eigenvalue weighted by molar-refractivity contribution is 5.79. The molecule has 132 valence electrons. The van der Waals surface area contributed by atoms with Crippen molar-refractivity contribution in [2.45, 2.75) is 55.8 Å². The molecule has 6 atom stereocenters. The van der Waals surface area contributed by atoms with E-state index in [9.17, 15) is 20.1 Å². The summed E-state index contributed by atoms with van der Waals surface area (Å²) in [6.45, 7) is 3.14. The predicted octanol–water partition coefficient (Wildman–Crippen LogP) is 0.0286. The van der Waals surface area contributed by atoms with E-state index in [4.69, 9.17) is 25.3 Å². The summed E-state index contributed by atoms with van der Waals surface area (Å²) in [5, 5.41) is 36.1. The molecule has 24 heavy (non-hydrogen) atoms. The van der Waals surface area contributed by atoms with Gasteiger partial charge in [0.25, 0.3) is 5.72 Å². The molecule has 2 rings (SSSR count). The summed E-state index contributed by atoms with van der Waals surface area (Å²) in [7, 11) is 0. The monoisotopic (exact) mass is 344 g/mol. The van der Waals surface area contributed by atoms with Crippen molar-refractivity contribution in [1.82, 2.24) is 0 Å². The molecule has 13 nitrogen and oxygen atoms in total. The van der Waals surface area contributed by atoms with Gasteiger partial charge in [-0.05, 0) is 30.0 Å². The molecule has 2 saturated heterocycles. The number of carbonyl (C=O) groups is 1. The molecule has 2 fully saturated rings. The van der Waals surface area contributed by atoms with Gasteiger partial charge in [-0.1, -0.05) is 5.11 Å². The normalized spacial score (nSPS) is 41.1. The van der Waals surface area contributed by atoms with Gasteiger partial charge in [-0.3, -0.25) is 0 Å². The zero-order chi connectivity index (χ0) is 18.1. The van der Waals surface area contributed by atoms with Gasteiger partial charge in [0.1, 0.15) is 24.4 Å². The third kappa shape index (κ3) is 2.97. The Kier molecular flexibility index (Phi) is 4.87. The number of carboxylic acid groups (broad SMARTS) is 1. The zero-order valence-electron chi connectivity index (χ0n) is 12.8. The molecule has 0 radical (unpaired) electrons. The molecule has 0 aromatic heterocycles. The lowest BCUT2D eigenvalue weighted by molar-refractivity contribution is -0.256. The molecule has 3 unspecified atom stereocenters. The van der Waals surface area contributed by atoms with E-state index >= 15 is 0 Å². The molecule has 2 aliphatic rings. The Hall–Kier alpha value is -2.11. The van der Waals surface area contributed by atoms with Crippen molar-refractivity contribution < 1.29 is 34.3 Å². The summed E-state index contributed by atoms with van der Waals surface area (Å²) in [5.41, 5.74) is 14.5. The fourth-order valence-corrected chi connectivity index (χ4v) is 2.70. The first kappa shape index (κ1) is 18.2. The van der Waals surface area contributed by atoms with Crippen LogP contribution in [0.1, 0.15) is 13.8 Å². The molecule has 0 aliphatic carbocycles. The number of hydrogen-bond acceptors (Lipinski definition) is 8. The Labute approximate surface area is 135 Å². The molecule has 13 heteroatoms. The van der Waals surface area contributed by atoms with E-state index in [1.165, 1.54) is 0 Å². The largest absolute Gasteiger partial charge is 0.479 e. The predicted molar refractivity (Wildman–Crippen MR) is 74.2 cm³/mol. The SMILES string of the molecule is CC1(C)OC[C@H](C2O[C@](N=[N+]=[N-])(C(=O)O)C(N=[N+]=[N-])C(O)[C@H]2O)O1. The van der Waals surface area contributed by atoms with E-state index in [1.807, 2.05) is 0 Å². The van der Waals surface area contributed by atoms with Gasteiger partial charge in [0.2, 0.25) is 0 Å². The van der Waals surface area contributed by atoms with Crippen LogP contribution in [0, 0.1) is 0 Å². The van der Waals surface area contributed by atoms with Gasteiger partial charge in [0, 0.05) is 9.82 Å². The number of aliphatic carboxylic acids is 1. The topological polar surface area (TPSA) is 203 Å². The van der Waals surface area contributed by atoms with Gasteiger partial charge < -0.3 is 29.5 Å². The summed E-state index contributed by atoms with van der Waals surface area (Å²) in [5.74, 6) is -2.79. The average Bonchev–Trinajstić information content (AvgIpc) is 2.86. The minimum absolute atomic E-state index is 0.0560. The summed E-state index contributed by atoms with van der Waals surface area (Å²) < 4.78 is 16.1. The third-order valence-electron chi connectivity index (χ3n) is 3.80. The molecule has 0 aromatic rings. The Bertz CT molecular complexity index is 612. The van der Waals surface area contributed by atoms with Crippen LogP contribution in [0.4, 0.5) is 0 Å². The molecular weight excluding hydrogens is 328 g/mol. The zero-order valence-corrected chi connectivity index (χ0v) is 12.8. The quantitative estimate of drug-likeness (QED) is 0.362. The molecular formula is C11H16N6O7. The molecule has 3 N–H and O–H groups in total. The lowest BCUT2D eigenvalue weighted by Crippen LogP contribution is -2.68. The lowest BCUT2D eigenvalue weighted by Gasteiger charge is -2.45. The molecule has 0 bridgehead atoms. The number of azide groups is 2. The van der Waals surface area contributed by atoms with Gasteiger partial charge in [-0.25, -0.2) is 4.79 Å². The van der Waals surface area contributed by atoms with E-state index in [0.29, 0.717) is 0 Å². The average molecular weight is 344 g/mol. The van der Waals surface area contributed by atoms with Crippen molar-refractivity contribution in [2.75, 3.05) is 6.61 Å². The van der Waals surface area contributed by atoms with Crippen LogP contribution in [-0.4, -0.2) is 69.9 Å². The van der Waals surface area contributed by atoms with Crippen LogP contribution in [0.3, 0.4) is 0 Å². The Morgan fingerprint density at radius 1 is 1.21 bits per heavy atom. The van der Waals surface area contributed by atoms with Crippen LogP contribution in [0.25, 0.3) is 20.9 Å². The minimum atomic E-state index is -2.74. The first-order chi connectivity index (χ1) is 11.2. The second kappa shape index (κ2) is 6.42. The van der Waals surface area contributed by atoms with Gasteiger partial charge in [-0.2, -0.15) is 0 Å². The van der Waals surface area contributed by atoms with Crippen LogP contribution >= 0.6 is 0 Å². The van der Waals surface area contributed by atoms with Gasteiger partial charge in [0.05, 0.1) is 12.7 Å². The second-order valence-electron chi connectivity index (χ2n) is 5.77. The number of carboxylic acids is 1. The maximum Gasteiger partial charge on any atom is 0.342 e. The van der Waals surface area contributed by atoms with Crippen molar-refractivity contribution in [3.63, 3.8) is 0 Å². The number of aliphatic hydroxyl groups is 2. The van der Waals surface area contributed by atoms with E-state index in [0.717, 1.165) is 0 Å². The summed E-state index contributed by atoms with van der Waals surface area (Å²) >= 11 is 0. The Balaban J connectivity index is 2.45. The van der Waals surface area contributed by atoms with E-state index in [2.05, 4.69) is 20.1 Å². The van der Waals surface area contributed by atoms with Crippen molar-refractivity contribution in [3.05, 3.63) is 20.9 Å². The van der Waals surface area contributed by atoms with Crippen molar-refractivity contribution in [3.8, 4) is 0 Å². The second-order valence-corrected chi connectivity index (χ2v) is 5.77. The minimum Gasteiger partial charge on any atom is -0.479 e. The van der Waals surface area contributed by atoms with Gasteiger partial charge >= 0.3 is 5.97 Å². The fraction of sp³-hybridized carbons (Fsp3) is 0.909. The van der Waals surface area contributed by atoms with Crippen molar-refractivity contribution in [1.29, 1.82) is 0 Å². The van der Waals surface area contributed by atoms with Crippen LogP contribution in [-0.2, 0) is 19.0 Å². The number of rotatable bonds is 4. The van der Waals surface area contributed by atoms with Crippen LogP contribution < -0.4 is 0 Å². The van der Waals surface area contributed by atoms with Crippen LogP contribution in [0.15, 0.2) is 10.2 Å². The highest BCUT2D eigenvalue weighted by Gasteiger charge is 2.61. The third-order valence-corrected chi connectivity index (χ3v) is 3.80. The lowest BCUT2D eigenvalue weighted by atomic mass is 9.87. The highest BCUT2D eigenvalue weighted by Crippen LogP contribution is 2.38. The maximum absolute atomic E-state index is 11.7.